The lowest BCUT2D eigenvalue weighted by Crippen LogP contribution is -2.45. The normalized spacial score (nSPS) is 18.3. The second-order valence-corrected chi connectivity index (χ2v) is 6.34. The quantitative estimate of drug-likeness (QED) is 0.878. The van der Waals surface area contributed by atoms with Crippen LogP contribution in [-0.2, 0) is 11.3 Å². The van der Waals surface area contributed by atoms with Gasteiger partial charge in [0.05, 0.1) is 6.54 Å². The number of fused-ring (bicyclic) bond motifs is 2. The monoisotopic (exact) mass is 356 g/mol. The van der Waals surface area contributed by atoms with Gasteiger partial charge >= 0.3 is 6.03 Å². The van der Waals surface area contributed by atoms with Gasteiger partial charge in [0.1, 0.15) is 0 Å². The molecular formula is C18H20N4O4. The third kappa shape index (κ3) is 3.23. The first kappa shape index (κ1) is 16.5. The van der Waals surface area contributed by atoms with E-state index in [1.54, 1.807) is 18.2 Å². The van der Waals surface area contributed by atoms with Crippen LogP contribution in [0.4, 0.5) is 10.5 Å². The molecule has 0 bridgehead atoms. The Hall–Kier alpha value is -3.00. The van der Waals surface area contributed by atoms with Gasteiger partial charge in [-0.3, -0.25) is 15.0 Å². The number of ether oxygens (including phenoxy) is 2. The number of carbonyl (C=O) groups is 2. The number of nitrogens with zero attached hydrogens (tertiary/aromatic N) is 2. The Morgan fingerprint density at radius 1 is 1.19 bits per heavy atom. The summed E-state index contributed by atoms with van der Waals surface area (Å²) in [4.78, 5) is 26.3. The fourth-order valence-corrected chi connectivity index (χ4v) is 3.33. The van der Waals surface area contributed by atoms with Crippen molar-refractivity contribution in [3.63, 3.8) is 0 Å². The first-order valence-electron chi connectivity index (χ1n) is 8.50. The van der Waals surface area contributed by atoms with E-state index in [1.165, 1.54) is 5.69 Å². The van der Waals surface area contributed by atoms with Crippen LogP contribution < -0.4 is 20.1 Å². The summed E-state index contributed by atoms with van der Waals surface area (Å²) in [6.45, 7) is 4.00. The number of benzene rings is 1. The smallest absolute Gasteiger partial charge is 0.325 e. The fraction of sp³-hybridized carbons (Fsp3) is 0.333. The molecule has 1 atom stereocenters. The van der Waals surface area contributed by atoms with Crippen molar-refractivity contribution in [2.24, 2.45) is 0 Å². The summed E-state index contributed by atoms with van der Waals surface area (Å²) in [5.41, 5.74) is 1.71. The minimum Gasteiger partial charge on any atom is -0.454 e. The Morgan fingerprint density at radius 3 is 2.92 bits per heavy atom. The van der Waals surface area contributed by atoms with Gasteiger partial charge in [0.15, 0.2) is 11.5 Å². The van der Waals surface area contributed by atoms with Crippen LogP contribution >= 0.6 is 0 Å². The Kier molecular flexibility index (Phi) is 4.26. The molecule has 8 heteroatoms. The summed E-state index contributed by atoms with van der Waals surface area (Å²) in [7, 11) is 0. The molecule has 3 amide bonds. The highest BCUT2D eigenvalue weighted by atomic mass is 16.7. The largest absolute Gasteiger partial charge is 0.454 e. The average molecular weight is 356 g/mol. The number of nitrogens with one attached hydrogen (secondary N) is 2. The van der Waals surface area contributed by atoms with Gasteiger partial charge in [0.25, 0.3) is 0 Å². The van der Waals surface area contributed by atoms with Gasteiger partial charge < -0.3 is 19.4 Å². The van der Waals surface area contributed by atoms with E-state index in [0.29, 0.717) is 17.2 Å². The van der Waals surface area contributed by atoms with Crippen LogP contribution in [0.2, 0.25) is 0 Å². The highest BCUT2D eigenvalue weighted by molar-refractivity contribution is 6.01. The average Bonchev–Trinajstić information content (AvgIpc) is 3.26. The lowest BCUT2D eigenvalue weighted by molar-refractivity contribution is -0.121. The summed E-state index contributed by atoms with van der Waals surface area (Å²) >= 11 is 0. The van der Waals surface area contributed by atoms with Gasteiger partial charge in [0.2, 0.25) is 12.7 Å². The summed E-state index contributed by atoms with van der Waals surface area (Å²) < 4.78 is 12.7. The van der Waals surface area contributed by atoms with E-state index in [-0.39, 0.29) is 25.3 Å². The predicted molar refractivity (Wildman–Crippen MR) is 94.1 cm³/mol. The number of imide groups is 1. The zero-order chi connectivity index (χ0) is 18.1. The van der Waals surface area contributed by atoms with Crippen molar-refractivity contribution in [1.82, 2.24) is 14.8 Å². The van der Waals surface area contributed by atoms with Crippen LogP contribution in [0.1, 0.15) is 18.7 Å². The van der Waals surface area contributed by atoms with E-state index in [2.05, 4.69) is 33.1 Å². The Balaban J connectivity index is 1.31. The minimum absolute atomic E-state index is 0.126. The zero-order valence-electron chi connectivity index (χ0n) is 14.4. The third-order valence-electron chi connectivity index (χ3n) is 4.70. The first-order valence-corrected chi connectivity index (χ1v) is 8.50. The number of rotatable bonds is 3. The fourth-order valence-electron chi connectivity index (χ4n) is 3.33. The molecule has 0 fully saturated rings. The molecule has 0 radical (unpaired) electrons. The summed E-state index contributed by atoms with van der Waals surface area (Å²) in [6.07, 6.45) is 2.04. The zero-order valence-corrected chi connectivity index (χ0v) is 14.4. The molecule has 2 aromatic rings. The topological polar surface area (TPSA) is 84.8 Å². The number of anilines is 1. The molecule has 2 aliphatic heterocycles. The Morgan fingerprint density at radius 2 is 2.04 bits per heavy atom. The highest BCUT2D eigenvalue weighted by Crippen LogP contribution is 2.34. The Labute approximate surface area is 150 Å². The maximum Gasteiger partial charge on any atom is 0.325 e. The molecule has 0 spiro atoms. The molecule has 136 valence electrons. The lowest BCUT2D eigenvalue weighted by atomic mass is 10.1. The van der Waals surface area contributed by atoms with Crippen LogP contribution in [0, 0.1) is 0 Å². The SMILES string of the molecule is C[C@@H]1c2cccn2CCN1CC(=O)NC(=O)Nc1ccc2c(c1)OCO2. The summed E-state index contributed by atoms with van der Waals surface area (Å²) in [6, 6.07) is 8.69. The van der Waals surface area contributed by atoms with Gasteiger partial charge in [-0.15, -0.1) is 0 Å². The van der Waals surface area contributed by atoms with E-state index in [1.807, 2.05) is 12.3 Å². The lowest BCUT2D eigenvalue weighted by Gasteiger charge is -2.34. The van der Waals surface area contributed by atoms with Crippen molar-refractivity contribution < 1.29 is 19.1 Å². The van der Waals surface area contributed by atoms with Crippen molar-refractivity contribution in [2.45, 2.75) is 19.5 Å². The third-order valence-corrected chi connectivity index (χ3v) is 4.70. The molecule has 8 nitrogen and oxygen atoms in total. The molecular weight excluding hydrogens is 336 g/mol. The predicted octanol–water partition coefficient (Wildman–Crippen LogP) is 1.94. The van der Waals surface area contributed by atoms with Gasteiger partial charge in [-0.05, 0) is 31.2 Å². The number of hydrogen-bond acceptors (Lipinski definition) is 5. The summed E-state index contributed by atoms with van der Waals surface area (Å²) in [5.74, 6) is 0.866. The highest BCUT2D eigenvalue weighted by Gasteiger charge is 2.25. The van der Waals surface area contributed by atoms with Crippen LogP contribution in [0.3, 0.4) is 0 Å². The molecule has 0 saturated heterocycles. The summed E-state index contributed by atoms with van der Waals surface area (Å²) in [5, 5.41) is 5.01. The van der Waals surface area contributed by atoms with E-state index in [9.17, 15) is 9.59 Å². The molecule has 1 aromatic heterocycles. The van der Waals surface area contributed by atoms with Crippen LogP contribution in [0.5, 0.6) is 11.5 Å². The standard InChI is InChI=1S/C18H20N4O4/c1-12-14-3-2-6-21(14)7-8-22(12)10-17(23)20-18(24)19-13-4-5-15-16(9-13)26-11-25-15/h2-6,9,12H,7-8,10-11H2,1H3,(H2,19,20,23,24)/t12-/m1/s1. The van der Waals surface area contributed by atoms with Gasteiger partial charge in [-0.25, -0.2) is 4.79 Å². The maximum absolute atomic E-state index is 12.2. The number of hydrogen-bond donors (Lipinski definition) is 2. The molecule has 26 heavy (non-hydrogen) atoms. The molecule has 3 heterocycles. The molecule has 4 rings (SSSR count). The molecule has 0 saturated carbocycles. The van der Waals surface area contributed by atoms with Crippen molar-refractivity contribution in [3.05, 3.63) is 42.2 Å². The maximum atomic E-state index is 12.2. The molecule has 0 aliphatic carbocycles. The van der Waals surface area contributed by atoms with Gasteiger partial charge in [-0.2, -0.15) is 0 Å². The molecule has 2 aliphatic rings. The van der Waals surface area contributed by atoms with Crippen LogP contribution in [0.15, 0.2) is 36.5 Å². The van der Waals surface area contributed by atoms with Crippen LogP contribution in [-0.4, -0.2) is 41.3 Å². The number of carbonyl (C=O) groups excluding carboxylic acids is 2. The minimum atomic E-state index is -0.568. The van der Waals surface area contributed by atoms with E-state index >= 15 is 0 Å². The van der Waals surface area contributed by atoms with Gasteiger partial charge in [-0.1, -0.05) is 0 Å². The number of amides is 3. The van der Waals surface area contributed by atoms with Crippen molar-refractivity contribution >= 4 is 17.6 Å². The van der Waals surface area contributed by atoms with Crippen molar-refractivity contribution in [3.8, 4) is 11.5 Å². The van der Waals surface area contributed by atoms with Crippen LogP contribution in [0.25, 0.3) is 0 Å². The van der Waals surface area contributed by atoms with E-state index in [0.717, 1.165) is 13.1 Å². The molecule has 0 unspecified atom stereocenters. The van der Waals surface area contributed by atoms with E-state index < -0.39 is 6.03 Å². The van der Waals surface area contributed by atoms with Crippen molar-refractivity contribution in [2.75, 3.05) is 25.2 Å². The number of urea groups is 1. The van der Waals surface area contributed by atoms with E-state index in [4.69, 9.17) is 9.47 Å². The van der Waals surface area contributed by atoms with Gasteiger partial charge in [0, 0.05) is 42.8 Å². The second kappa shape index (κ2) is 6.72. The molecule has 1 aromatic carbocycles. The second-order valence-electron chi connectivity index (χ2n) is 6.34. The molecule has 2 N–H and O–H groups in total. The van der Waals surface area contributed by atoms with Crippen molar-refractivity contribution in [1.29, 1.82) is 0 Å². The first-order chi connectivity index (χ1) is 12.6. The Bertz CT molecular complexity index is 847. The number of aromatic nitrogens is 1.